The van der Waals surface area contributed by atoms with Crippen LogP contribution in [0.2, 0.25) is 0 Å². The second-order valence-corrected chi connectivity index (χ2v) is 6.60. The van der Waals surface area contributed by atoms with Gasteiger partial charge in [-0.25, -0.2) is 4.79 Å². The van der Waals surface area contributed by atoms with Crippen molar-refractivity contribution in [3.8, 4) is 0 Å². The summed E-state index contributed by atoms with van der Waals surface area (Å²) in [4.78, 5) is 21.7. The highest BCUT2D eigenvalue weighted by atomic mass is 16.6. The van der Waals surface area contributed by atoms with Crippen molar-refractivity contribution in [1.82, 2.24) is 9.78 Å². The van der Waals surface area contributed by atoms with Crippen molar-refractivity contribution in [1.29, 1.82) is 0 Å². The number of nitrogens with zero attached hydrogens (tertiary/aromatic N) is 3. The number of carbonyl (C=O) groups excluding carboxylic acids is 1. The molecule has 112 valence electrons. The molecule has 7 heteroatoms. The van der Waals surface area contributed by atoms with Crippen molar-refractivity contribution < 1.29 is 14.5 Å². The van der Waals surface area contributed by atoms with Crippen LogP contribution in [0.3, 0.4) is 0 Å². The van der Waals surface area contributed by atoms with E-state index in [4.69, 9.17) is 4.74 Å². The van der Waals surface area contributed by atoms with E-state index in [9.17, 15) is 14.9 Å². The maximum atomic E-state index is 11.8. The fraction of sp³-hybridized carbons (Fsp3) is 0.692. The van der Waals surface area contributed by atoms with Crippen LogP contribution in [0, 0.1) is 15.5 Å². The molecule has 0 saturated heterocycles. The number of nitro groups is 1. The zero-order valence-electron chi connectivity index (χ0n) is 12.5. The number of hydrogen-bond donors (Lipinski definition) is 0. The van der Waals surface area contributed by atoms with Gasteiger partial charge in [0.1, 0.15) is 5.60 Å². The summed E-state index contributed by atoms with van der Waals surface area (Å²) in [5, 5.41) is 14.2. The van der Waals surface area contributed by atoms with E-state index in [1.807, 2.05) is 13.8 Å². The van der Waals surface area contributed by atoms with Crippen LogP contribution in [-0.2, 0) is 16.1 Å². The SMILES string of the molecule is CC(C)(C)CC(C)(C)OC(=O)Cn1ccc([N+](=O)[O-])n1. The quantitative estimate of drug-likeness (QED) is 0.471. The van der Waals surface area contributed by atoms with Gasteiger partial charge in [0.15, 0.2) is 6.54 Å². The Bertz CT molecular complexity index is 500. The van der Waals surface area contributed by atoms with E-state index >= 15 is 0 Å². The second kappa shape index (κ2) is 5.60. The van der Waals surface area contributed by atoms with E-state index in [1.54, 1.807) is 0 Å². The molecule has 0 aromatic carbocycles. The van der Waals surface area contributed by atoms with Gasteiger partial charge in [-0.05, 0) is 30.6 Å². The minimum atomic E-state index is -0.606. The Morgan fingerprint density at radius 1 is 1.40 bits per heavy atom. The van der Waals surface area contributed by atoms with Gasteiger partial charge in [-0.15, -0.1) is 0 Å². The first kappa shape index (κ1) is 16.1. The molecule has 0 N–H and O–H groups in total. The summed E-state index contributed by atoms with van der Waals surface area (Å²) in [6.45, 7) is 9.77. The summed E-state index contributed by atoms with van der Waals surface area (Å²) in [6.07, 6.45) is 2.10. The highest BCUT2D eigenvalue weighted by Gasteiger charge is 2.29. The highest BCUT2D eigenvalue weighted by molar-refractivity contribution is 5.69. The Labute approximate surface area is 118 Å². The van der Waals surface area contributed by atoms with E-state index < -0.39 is 16.5 Å². The lowest BCUT2D eigenvalue weighted by atomic mass is 9.84. The van der Waals surface area contributed by atoms with Crippen LogP contribution in [0.1, 0.15) is 41.0 Å². The number of esters is 1. The third kappa shape index (κ3) is 5.38. The molecule has 0 atom stereocenters. The molecule has 1 heterocycles. The largest absolute Gasteiger partial charge is 0.458 e. The lowest BCUT2D eigenvalue weighted by Crippen LogP contribution is -2.34. The normalized spacial score (nSPS) is 12.2. The van der Waals surface area contributed by atoms with Gasteiger partial charge in [-0.1, -0.05) is 20.8 Å². The molecule has 0 spiro atoms. The van der Waals surface area contributed by atoms with Crippen LogP contribution >= 0.6 is 0 Å². The van der Waals surface area contributed by atoms with Gasteiger partial charge in [-0.3, -0.25) is 0 Å². The number of hydrogen-bond acceptors (Lipinski definition) is 5. The van der Waals surface area contributed by atoms with Crippen LogP contribution < -0.4 is 0 Å². The Hall–Kier alpha value is -1.92. The monoisotopic (exact) mass is 283 g/mol. The molecule has 7 nitrogen and oxygen atoms in total. The smallest absolute Gasteiger partial charge is 0.389 e. The van der Waals surface area contributed by atoms with Crippen molar-refractivity contribution >= 4 is 11.8 Å². The van der Waals surface area contributed by atoms with Crippen LogP contribution in [0.15, 0.2) is 12.3 Å². The molecule has 0 fully saturated rings. The molecule has 20 heavy (non-hydrogen) atoms. The Morgan fingerprint density at radius 3 is 2.45 bits per heavy atom. The Kier molecular flexibility index (Phi) is 4.52. The summed E-state index contributed by atoms with van der Waals surface area (Å²) in [5.41, 5.74) is -0.553. The van der Waals surface area contributed by atoms with E-state index in [0.29, 0.717) is 6.42 Å². The number of ether oxygens (including phenoxy) is 1. The summed E-state index contributed by atoms with van der Waals surface area (Å²) in [7, 11) is 0. The van der Waals surface area contributed by atoms with E-state index in [0.717, 1.165) is 0 Å². The zero-order chi connectivity index (χ0) is 15.6. The average Bonchev–Trinajstić information content (AvgIpc) is 2.60. The molecular formula is C13H21N3O4. The third-order valence-electron chi connectivity index (χ3n) is 2.45. The summed E-state index contributed by atoms with van der Waals surface area (Å²) < 4.78 is 6.62. The van der Waals surface area contributed by atoms with E-state index in [-0.39, 0.29) is 17.8 Å². The molecular weight excluding hydrogens is 262 g/mol. The molecule has 0 radical (unpaired) electrons. The summed E-state index contributed by atoms with van der Waals surface area (Å²) >= 11 is 0. The minimum absolute atomic E-state index is 0.0360. The number of rotatable bonds is 5. The van der Waals surface area contributed by atoms with Gasteiger partial charge < -0.3 is 14.9 Å². The Morgan fingerprint density at radius 2 is 2.00 bits per heavy atom. The average molecular weight is 283 g/mol. The fourth-order valence-electron chi connectivity index (χ4n) is 2.32. The lowest BCUT2D eigenvalue weighted by molar-refractivity contribution is -0.389. The van der Waals surface area contributed by atoms with Crippen molar-refractivity contribution in [2.75, 3.05) is 0 Å². The standard InChI is InChI=1S/C13H21N3O4/c1-12(2,3)9-13(4,5)20-11(17)8-15-7-6-10(14-15)16(18)19/h6-7H,8-9H2,1-5H3. The van der Waals surface area contributed by atoms with Crippen molar-refractivity contribution in [3.05, 3.63) is 22.4 Å². The van der Waals surface area contributed by atoms with Gasteiger partial charge >= 0.3 is 11.8 Å². The summed E-state index contributed by atoms with van der Waals surface area (Å²) in [6, 6.07) is 1.24. The van der Waals surface area contributed by atoms with Gasteiger partial charge in [-0.2, -0.15) is 4.68 Å². The first-order chi connectivity index (χ1) is 8.98. The molecule has 0 aliphatic carbocycles. The maximum Gasteiger partial charge on any atom is 0.389 e. The van der Waals surface area contributed by atoms with Crippen molar-refractivity contribution in [2.24, 2.45) is 5.41 Å². The van der Waals surface area contributed by atoms with Gasteiger partial charge in [0.05, 0.1) is 17.4 Å². The predicted molar refractivity (Wildman–Crippen MR) is 73.1 cm³/mol. The first-order valence-corrected chi connectivity index (χ1v) is 6.38. The van der Waals surface area contributed by atoms with Gasteiger partial charge in [0, 0.05) is 0 Å². The summed E-state index contributed by atoms with van der Waals surface area (Å²) in [5.74, 6) is -0.746. The minimum Gasteiger partial charge on any atom is -0.458 e. The second-order valence-electron chi connectivity index (χ2n) is 6.60. The van der Waals surface area contributed by atoms with Crippen LogP contribution in [0.25, 0.3) is 0 Å². The zero-order valence-corrected chi connectivity index (χ0v) is 12.5. The molecule has 1 aromatic rings. The van der Waals surface area contributed by atoms with Gasteiger partial charge in [0.25, 0.3) is 0 Å². The van der Waals surface area contributed by atoms with Crippen LogP contribution in [-0.4, -0.2) is 26.3 Å². The topological polar surface area (TPSA) is 87.3 Å². The van der Waals surface area contributed by atoms with Gasteiger partial charge in [0.2, 0.25) is 0 Å². The first-order valence-electron chi connectivity index (χ1n) is 6.38. The molecule has 0 aliphatic heterocycles. The maximum absolute atomic E-state index is 11.8. The molecule has 0 saturated carbocycles. The van der Waals surface area contributed by atoms with Crippen LogP contribution in [0.5, 0.6) is 0 Å². The molecule has 0 aliphatic rings. The number of carbonyl (C=O) groups is 1. The van der Waals surface area contributed by atoms with Crippen LogP contribution in [0.4, 0.5) is 5.82 Å². The highest BCUT2D eigenvalue weighted by Crippen LogP contribution is 2.29. The molecule has 0 amide bonds. The molecule has 0 unspecified atom stereocenters. The molecule has 0 bridgehead atoms. The fourth-order valence-corrected chi connectivity index (χ4v) is 2.32. The molecule has 1 rings (SSSR count). The predicted octanol–water partition coefficient (Wildman–Crippen LogP) is 2.55. The number of aromatic nitrogens is 2. The van der Waals surface area contributed by atoms with Crippen molar-refractivity contribution in [2.45, 2.75) is 53.2 Å². The van der Waals surface area contributed by atoms with E-state index in [2.05, 4.69) is 25.9 Å². The third-order valence-corrected chi connectivity index (χ3v) is 2.45. The van der Waals surface area contributed by atoms with Crippen molar-refractivity contribution in [3.63, 3.8) is 0 Å². The Balaban J connectivity index is 2.60. The van der Waals surface area contributed by atoms with E-state index in [1.165, 1.54) is 16.9 Å². The lowest BCUT2D eigenvalue weighted by Gasteiger charge is -2.32. The molecule has 1 aromatic heterocycles.